The lowest BCUT2D eigenvalue weighted by atomic mass is 9.93. The number of nitrogens with one attached hydrogen (secondary N) is 1. The van der Waals surface area contributed by atoms with Crippen LogP contribution in [0.4, 0.5) is 0 Å². The zero-order chi connectivity index (χ0) is 14.7. The predicted octanol–water partition coefficient (Wildman–Crippen LogP) is 1.93. The van der Waals surface area contributed by atoms with Gasteiger partial charge in [0.1, 0.15) is 12.1 Å². The number of nitrogens with zero attached hydrogens (tertiary/aromatic N) is 1. The van der Waals surface area contributed by atoms with E-state index in [1.54, 1.807) is 17.4 Å². The van der Waals surface area contributed by atoms with Crippen LogP contribution < -0.4 is 5.32 Å². The van der Waals surface area contributed by atoms with Gasteiger partial charge in [-0.25, -0.2) is 0 Å². The highest BCUT2D eigenvalue weighted by atomic mass is 16.3. The maximum atomic E-state index is 12.6. The van der Waals surface area contributed by atoms with E-state index in [2.05, 4.69) is 5.32 Å². The largest absolute Gasteiger partial charge is 0.472 e. The smallest absolute Gasteiger partial charge is 0.246 e. The Morgan fingerprint density at radius 2 is 2.15 bits per heavy atom. The van der Waals surface area contributed by atoms with Gasteiger partial charge in [0.25, 0.3) is 0 Å². The van der Waals surface area contributed by atoms with Gasteiger partial charge < -0.3 is 14.6 Å². The molecule has 0 saturated carbocycles. The van der Waals surface area contributed by atoms with Crippen LogP contribution in [0.25, 0.3) is 0 Å². The second kappa shape index (κ2) is 6.11. The fourth-order valence-electron chi connectivity index (χ4n) is 2.58. The van der Waals surface area contributed by atoms with Crippen LogP contribution in [0.5, 0.6) is 0 Å². The van der Waals surface area contributed by atoms with Gasteiger partial charge in [0, 0.05) is 12.1 Å². The van der Waals surface area contributed by atoms with Crippen molar-refractivity contribution in [3.05, 3.63) is 24.2 Å². The van der Waals surface area contributed by atoms with Crippen molar-refractivity contribution in [2.45, 2.75) is 52.2 Å². The predicted molar refractivity (Wildman–Crippen MR) is 74.7 cm³/mol. The number of rotatable bonds is 5. The summed E-state index contributed by atoms with van der Waals surface area (Å²) in [7, 11) is 0. The molecule has 0 aromatic carbocycles. The molecule has 1 aromatic rings. The number of carbonyl (C=O) groups excluding carboxylic acids is 2. The van der Waals surface area contributed by atoms with Gasteiger partial charge in [-0.15, -0.1) is 0 Å². The molecule has 5 nitrogen and oxygen atoms in total. The molecule has 1 fully saturated rings. The SMILES string of the molecule is CCC(C)C1NC(=O)C(CC)N(Cc2ccoc2)C1=O. The van der Waals surface area contributed by atoms with Crippen LogP contribution in [0.1, 0.15) is 39.2 Å². The third-order valence-corrected chi connectivity index (χ3v) is 4.06. The minimum absolute atomic E-state index is 0.00648. The van der Waals surface area contributed by atoms with Crippen molar-refractivity contribution in [2.24, 2.45) is 5.92 Å². The summed E-state index contributed by atoms with van der Waals surface area (Å²) in [5.74, 6) is 0.0870. The van der Waals surface area contributed by atoms with Crippen LogP contribution in [0, 0.1) is 5.92 Å². The Labute approximate surface area is 119 Å². The summed E-state index contributed by atoms with van der Waals surface area (Å²) in [4.78, 5) is 26.5. The van der Waals surface area contributed by atoms with Gasteiger partial charge in [0.05, 0.1) is 12.5 Å². The molecule has 1 saturated heterocycles. The van der Waals surface area contributed by atoms with Gasteiger partial charge in [-0.05, 0) is 18.4 Å². The van der Waals surface area contributed by atoms with Crippen LogP contribution in [-0.2, 0) is 16.1 Å². The average Bonchev–Trinajstić information content (AvgIpc) is 2.95. The molecular weight excluding hydrogens is 256 g/mol. The van der Waals surface area contributed by atoms with Crippen LogP contribution in [0.2, 0.25) is 0 Å². The highest BCUT2D eigenvalue weighted by Gasteiger charge is 2.41. The van der Waals surface area contributed by atoms with Gasteiger partial charge in [-0.1, -0.05) is 27.2 Å². The lowest BCUT2D eigenvalue weighted by Crippen LogP contribution is -2.64. The molecule has 2 heterocycles. The van der Waals surface area contributed by atoms with E-state index in [1.807, 2.05) is 26.8 Å². The van der Waals surface area contributed by atoms with E-state index < -0.39 is 12.1 Å². The average molecular weight is 278 g/mol. The second-order valence-electron chi connectivity index (χ2n) is 5.39. The Hall–Kier alpha value is -1.78. The highest BCUT2D eigenvalue weighted by Crippen LogP contribution is 2.21. The van der Waals surface area contributed by atoms with Gasteiger partial charge in [0.15, 0.2) is 0 Å². The van der Waals surface area contributed by atoms with E-state index in [-0.39, 0.29) is 17.7 Å². The van der Waals surface area contributed by atoms with Crippen molar-refractivity contribution in [3.8, 4) is 0 Å². The Balaban J connectivity index is 2.23. The molecule has 0 spiro atoms. The van der Waals surface area contributed by atoms with Crippen molar-refractivity contribution >= 4 is 11.8 Å². The number of furan rings is 1. The fraction of sp³-hybridized carbons (Fsp3) is 0.600. The third-order valence-electron chi connectivity index (χ3n) is 4.06. The molecule has 110 valence electrons. The normalized spacial score (nSPS) is 24.6. The monoisotopic (exact) mass is 278 g/mol. The molecule has 1 aliphatic rings. The molecule has 5 heteroatoms. The Bertz CT molecular complexity index is 469. The van der Waals surface area contributed by atoms with Crippen LogP contribution in [-0.4, -0.2) is 28.8 Å². The summed E-state index contributed by atoms with van der Waals surface area (Å²) in [6.07, 6.45) is 4.66. The minimum Gasteiger partial charge on any atom is -0.472 e. The minimum atomic E-state index is -0.415. The summed E-state index contributed by atoms with van der Waals surface area (Å²) in [6, 6.07) is 1.02. The van der Waals surface area contributed by atoms with E-state index in [0.29, 0.717) is 13.0 Å². The number of hydrogen-bond donors (Lipinski definition) is 1. The molecule has 2 rings (SSSR count). The first kappa shape index (κ1) is 14.6. The first-order valence-electron chi connectivity index (χ1n) is 7.20. The van der Waals surface area contributed by atoms with Crippen LogP contribution in [0.15, 0.2) is 23.0 Å². The zero-order valence-corrected chi connectivity index (χ0v) is 12.3. The molecule has 1 aliphatic heterocycles. The zero-order valence-electron chi connectivity index (χ0n) is 12.3. The Kier molecular flexibility index (Phi) is 4.47. The van der Waals surface area contributed by atoms with Crippen LogP contribution >= 0.6 is 0 Å². The fourth-order valence-corrected chi connectivity index (χ4v) is 2.58. The summed E-state index contributed by atoms with van der Waals surface area (Å²) in [6.45, 7) is 6.36. The summed E-state index contributed by atoms with van der Waals surface area (Å²) < 4.78 is 5.04. The maximum Gasteiger partial charge on any atom is 0.246 e. The lowest BCUT2D eigenvalue weighted by molar-refractivity contribution is -0.151. The van der Waals surface area contributed by atoms with E-state index >= 15 is 0 Å². The third kappa shape index (κ3) is 2.71. The van der Waals surface area contributed by atoms with E-state index in [9.17, 15) is 9.59 Å². The van der Waals surface area contributed by atoms with Gasteiger partial charge in [0.2, 0.25) is 11.8 Å². The van der Waals surface area contributed by atoms with Gasteiger partial charge in [-0.3, -0.25) is 9.59 Å². The molecule has 20 heavy (non-hydrogen) atoms. The molecular formula is C15H22N2O3. The molecule has 3 atom stereocenters. The highest BCUT2D eigenvalue weighted by molar-refractivity contribution is 5.97. The van der Waals surface area contributed by atoms with Crippen molar-refractivity contribution < 1.29 is 14.0 Å². The van der Waals surface area contributed by atoms with Crippen molar-refractivity contribution in [3.63, 3.8) is 0 Å². The molecule has 0 bridgehead atoms. The second-order valence-corrected chi connectivity index (χ2v) is 5.39. The number of piperazine rings is 1. The summed E-state index contributed by atoms with van der Waals surface area (Å²) in [5, 5.41) is 2.87. The van der Waals surface area contributed by atoms with E-state index in [4.69, 9.17) is 4.42 Å². The quantitative estimate of drug-likeness (QED) is 0.895. The summed E-state index contributed by atoms with van der Waals surface area (Å²) in [5.41, 5.74) is 0.911. The first-order chi connectivity index (χ1) is 9.58. The van der Waals surface area contributed by atoms with Gasteiger partial charge >= 0.3 is 0 Å². The molecule has 3 unspecified atom stereocenters. The molecule has 0 aliphatic carbocycles. The lowest BCUT2D eigenvalue weighted by Gasteiger charge is -2.40. The Morgan fingerprint density at radius 3 is 2.70 bits per heavy atom. The summed E-state index contributed by atoms with van der Waals surface area (Å²) >= 11 is 0. The number of amides is 2. The van der Waals surface area contributed by atoms with Crippen molar-refractivity contribution in [1.82, 2.24) is 10.2 Å². The first-order valence-corrected chi connectivity index (χ1v) is 7.20. The van der Waals surface area contributed by atoms with E-state index in [1.165, 1.54) is 0 Å². The number of hydrogen-bond acceptors (Lipinski definition) is 3. The van der Waals surface area contributed by atoms with Gasteiger partial charge in [-0.2, -0.15) is 0 Å². The Morgan fingerprint density at radius 1 is 1.40 bits per heavy atom. The van der Waals surface area contributed by atoms with E-state index in [0.717, 1.165) is 12.0 Å². The molecule has 1 aromatic heterocycles. The van der Waals surface area contributed by atoms with Crippen molar-refractivity contribution in [1.29, 1.82) is 0 Å². The maximum absolute atomic E-state index is 12.6. The topological polar surface area (TPSA) is 62.6 Å². The molecule has 1 N–H and O–H groups in total. The van der Waals surface area contributed by atoms with Crippen molar-refractivity contribution in [2.75, 3.05) is 0 Å². The van der Waals surface area contributed by atoms with Crippen LogP contribution in [0.3, 0.4) is 0 Å². The number of carbonyl (C=O) groups is 2. The standard InChI is InChI=1S/C15H22N2O3/c1-4-10(3)13-15(19)17(8-11-6-7-20-9-11)12(5-2)14(18)16-13/h6-7,9-10,12-13H,4-5,8H2,1-3H3,(H,16,18). The molecule has 0 radical (unpaired) electrons. The molecule has 2 amide bonds.